The van der Waals surface area contributed by atoms with Crippen molar-refractivity contribution in [2.75, 3.05) is 36.1 Å². The maximum absolute atomic E-state index is 12.6. The van der Waals surface area contributed by atoms with E-state index in [9.17, 15) is 13.2 Å². The van der Waals surface area contributed by atoms with Crippen LogP contribution in [0.25, 0.3) is 0 Å². The SMILES string of the molecule is CS(=O)(=O)N1CCCCC1C(=O)Nc1ccc(N2CCCCC2)cc1. The van der Waals surface area contributed by atoms with Gasteiger partial charge in [-0.2, -0.15) is 4.31 Å². The summed E-state index contributed by atoms with van der Waals surface area (Å²) in [5, 5.41) is 2.88. The summed E-state index contributed by atoms with van der Waals surface area (Å²) in [6.45, 7) is 2.58. The van der Waals surface area contributed by atoms with Crippen LogP contribution in [0.2, 0.25) is 0 Å². The van der Waals surface area contributed by atoms with E-state index >= 15 is 0 Å². The van der Waals surface area contributed by atoms with Gasteiger partial charge in [0.1, 0.15) is 6.04 Å². The monoisotopic (exact) mass is 365 g/mol. The van der Waals surface area contributed by atoms with Crippen LogP contribution in [-0.2, 0) is 14.8 Å². The van der Waals surface area contributed by atoms with Crippen molar-refractivity contribution >= 4 is 27.3 Å². The molecule has 0 spiro atoms. The van der Waals surface area contributed by atoms with Crippen molar-refractivity contribution < 1.29 is 13.2 Å². The minimum Gasteiger partial charge on any atom is -0.372 e. The summed E-state index contributed by atoms with van der Waals surface area (Å²) in [4.78, 5) is 14.9. The Bertz CT molecular complexity index is 697. The summed E-state index contributed by atoms with van der Waals surface area (Å²) in [6.07, 6.45) is 7.17. The van der Waals surface area contributed by atoms with Crippen LogP contribution in [0, 0.1) is 0 Å². The number of hydrogen-bond acceptors (Lipinski definition) is 4. The quantitative estimate of drug-likeness (QED) is 0.890. The molecule has 2 aliphatic rings. The zero-order valence-electron chi connectivity index (χ0n) is 14.8. The molecule has 0 bridgehead atoms. The Morgan fingerprint density at radius 1 is 1.00 bits per heavy atom. The lowest BCUT2D eigenvalue weighted by atomic mass is 10.0. The average molecular weight is 365 g/mol. The molecule has 1 atom stereocenters. The molecule has 2 fully saturated rings. The Kier molecular flexibility index (Phi) is 5.64. The molecule has 25 heavy (non-hydrogen) atoms. The van der Waals surface area contributed by atoms with Gasteiger partial charge < -0.3 is 10.2 Å². The van der Waals surface area contributed by atoms with Gasteiger partial charge in [0.05, 0.1) is 6.26 Å². The lowest BCUT2D eigenvalue weighted by Gasteiger charge is -2.32. The zero-order valence-corrected chi connectivity index (χ0v) is 15.6. The molecule has 6 nitrogen and oxygen atoms in total. The van der Waals surface area contributed by atoms with Gasteiger partial charge in [-0.15, -0.1) is 0 Å². The molecular formula is C18H27N3O3S. The number of hydrogen-bond donors (Lipinski definition) is 1. The number of carbonyl (C=O) groups excluding carboxylic acids is 1. The predicted octanol–water partition coefficient (Wildman–Crippen LogP) is 2.43. The first kappa shape index (κ1) is 18.2. The zero-order chi connectivity index (χ0) is 17.9. The molecule has 1 aromatic rings. The molecule has 1 aromatic carbocycles. The van der Waals surface area contributed by atoms with Gasteiger partial charge in [-0.25, -0.2) is 8.42 Å². The van der Waals surface area contributed by atoms with E-state index in [2.05, 4.69) is 10.2 Å². The van der Waals surface area contributed by atoms with Gasteiger partial charge in [0.25, 0.3) is 0 Å². The molecule has 0 aromatic heterocycles. The fraction of sp³-hybridized carbons (Fsp3) is 0.611. The van der Waals surface area contributed by atoms with Crippen LogP contribution in [-0.4, -0.2) is 50.6 Å². The van der Waals surface area contributed by atoms with Crippen LogP contribution >= 0.6 is 0 Å². The maximum Gasteiger partial charge on any atom is 0.242 e. The van der Waals surface area contributed by atoms with Gasteiger partial charge in [-0.3, -0.25) is 4.79 Å². The second kappa shape index (κ2) is 7.74. The van der Waals surface area contributed by atoms with Crippen molar-refractivity contribution in [1.29, 1.82) is 0 Å². The fourth-order valence-electron chi connectivity index (χ4n) is 3.70. The molecule has 7 heteroatoms. The minimum atomic E-state index is -3.37. The van der Waals surface area contributed by atoms with E-state index in [0.717, 1.165) is 25.9 Å². The molecule has 2 aliphatic heterocycles. The fourth-order valence-corrected chi connectivity index (χ4v) is 4.82. The maximum atomic E-state index is 12.6. The van der Waals surface area contributed by atoms with E-state index < -0.39 is 16.1 Å². The molecule has 1 unspecified atom stereocenters. The lowest BCUT2D eigenvalue weighted by molar-refractivity contribution is -0.120. The number of nitrogens with zero attached hydrogens (tertiary/aromatic N) is 2. The van der Waals surface area contributed by atoms with E-state index in [0.29, 0.717) is 18.7 Å². The van der Waals surface area contributed by atoms with E-state index in [4.69, 9.17) is 0 Å². The molecule has 0 aliphatic carbocycles. The molecule has 1 amide bonds. The first-order valence-electron chi connectivity index (χ1n) is 9.08. The third-order valence-electron chi connectivity index (χ3n) is 5.04. The summed E-state index contributed by atoms with van der Waals surface area (Å²) < 4.78 is 25.2. The van der Waals surface area contributed by atoms with Crippen molar-refractivity contribution in [3.8, 4) is 0 Å². The molecule has 0 saturated carbocycles. The van der Waals surface area contributed by atoms with Crippen LogP contribution in [0.15, 0.2) is 24.3 Å². The normalized spacial score (nSPS) is 22.6. The van der Waals surface area contributed by atoms with Crippen LogP contribution in [0.4, 0.5) is 11.4 Å². The van der Waals surface area contributed by atoms with Gasteiger partial charge in [-0.1, -0.05) is 6.42 Å². The molecule has 0 radical (unpaired) electrons. The number of amides is 1. The summed E-state index contributed by atoms with van der Waals surface area (Å²) in [5.41, 5.74) is 1.89. The first-order chi connectivity index (χ1) is 11.9. The Labute approximate surface area is 150 Å². The number of nitrogens with one attached hydrogen (secondary N) is 1. The number of sulfonamides is 1. The molecule has 2 heterocycles. The average Bonchev–Trinajstić information content (AvgIpc) is 2.62. The predicted molar refractivity (Wildman–Crippen MR) is 100 cm³/mol. The highest BCUT2D eigenvalue weighted by atomic mass is 32.2. The molecular weight excluding hydrogens is 338 g/mol. The van der Waals surface area contributed by atoms with Crippen molar-refractivity contribution in [2.45, 2.75) is 44.6 Å². The highest BCUT2D eigenvalue weighted by Gasteiger charge is 2.34. The van der Waals surface area contributed by atoms with E-state index in [1.807, 2.05) is 24.3 Å². The Balaban J connectivity index is 1.65. The third kappa shape index (κ3) is 4.52. The van der Waals surface area contributed by atoms with E-state index in [-0.39, 0.29) is 5.91 Å². The van der Waals surface area contributed by atoms with Gasteiger partial charge in [0.15, 0.2) is 0 Å². The standard InChI is InChI=1S/C18H27N3O3S/c1-25(23,24)21-14-6-3-7-17(21)18(22)19-15-8-10-16(11-9-15)20-12-4-2-5-13-20/h8-11,17H,2-7,12-14H2,1H3,(H,19,22). The van der Waals surface area contributed by atoms with Crippen LogP contribution < -0.4 is 10.2 Å². The number of rotatable bonds is 4. The summed E-state index contributed by atoms with van der Waals surface area (Å²) in [6, 6.07) is 7.24. The van der Waals surface area contributed by atoms with Crippen molar-refractivity contribution in [3.05, 3.63) is 24.3 Å². The van der Waals surface area contributed by atoms with Crippen LogP contribution in [0.1, 0.15) is 38.5 Å². The molecule has 2 saturated heterocycles. The highest BCUT2D eigenvalue weighted by molar-refractivity contribution is 7.88. The first-order valence-corrected chi connectivity index (χ1v) is 10.9. The van der Waals surface area contributed by atoms with Crippen molar-refractivity contribution in [2.24, 2.45) is 0 Å². The molecule has 138 valence electrons. The third-order valence-corrected chi connectivity index (χ3v) is 6.33. The largest absolute Gasteiger partial charge is 0.372 e. The molecule has 1 N–H and O–H groups in total. The van der Waals surface area contributed by atoms with Crippen molar-refractivity contribution in [1.82, 2.24) is 4.31 Å². The summed E-state index contributed by atoms with van der Waals surface area (Å²) >= 11 is 0. The summed E-state index contributed by atoms with van der Waals surface area (Å²) in [7, 11) is -3.37. The Morgan fingerprint density at radius 2 is 1.64 bits per heavy atom. The second-order valence-electron chi connectivity index (χ2n) is 6.97. The van der Waals surface area contributed by atoms with Crippen molar-refractivity contribution in [3.63, 3.8) is 0 Å². The van der Waals surface area contributed by atoms with Crippen LogP contribution in [0.3, 0.4) is 0 Å². The van der Waals surface area contributed by atoms with E-state index in [1.54, 1.807) is 0 Å². The second-order valence-corrected chi connectivity index (χ2v) is 8.90. The van der Waals surface area contributed by atoms with Gasteiger partial charge in [0.2, 0.25) is 15.9 Å². The number of benzene rings is 1. The van der Waals surface area contributed by atoms with Gasteiger partial charge in [0, 0.05) is 31.0 Å². The number of piperidine rings is 2. The van der Waals surface area contributed by atoms with Crippen LogP contribution in [0.5, 0.6) is 0 Å². The Hall–Kier alpha value is -1.60. The molecule has 3 rings (SSSR count). The lowest BCUT2D eigenvalue weighted by Crippen LogP contribution is -2.49. The minimum absolute atomic E-state index is 0.240. The number of anilines is 2. The van der Waals surface area contributed by atoms with Gasteiger partial charge in [-0.05, 0) is 56.4 Å². The topological polar surface area (TPSA) is 69.7 Å². The summed E-state index contributed by atoms with van der Waals surface area (Å²) in [5.74, 6) is -0.240. The van der Waals surface area contributed by atoms with E-state index in [1.165, 1.54) is 35.5 Å². The number of carbonyl (C=O) groups is 1. The Morgan fingerprint density at radius 3 is 2.28 bits per heavy atom. The highest BCUT2D eigenvalue weighted by Crippen LogP contribution is 2.24. The smallest absolute Gasteiger partial charge is 0.242 e. The van der Waals surface area contributed by atoms with Gasteiger partial charge >= 0.3 is 0 Å².